The number of nitrogens with zero attached hydrogens (tertiary/aromatic N) is 4. The molecule has 5 fully saturated rings. The molecule has 3 saturated heterocycles. The zero-order valence-electron chi connectivity index (χ0n) is 40.1. The van der Waals surface area contributed by atoms with E-state index in [9.17, 15) is 19.2 Å². The highest BCUT2D eigenvalue weighted by Crippen LogP contribution is 2.50. The van der Waals surface area contributed by atoms with Gasteiger partial charge in [-0.15, -0.1) is 0 Å². The predicted octanol–water partition coefficient (Wildman–Crippen LogP) is 9.61. The number of piperidine rings is 1. The van der Waals surface area contributed by atoms with E-state index < -0.39 is 24.3 Å². The molecule has 5 aliphatic rings. The Hall–Kier alpha value is -6.22. The fraction of sp³-hybridized carbons (Fsp3) is 0.519. The van der Waals surface area contributed by atoms with Gasteiger partial charge in [0.05, 0.1) is 54.5 Å². The van der Waals surface area contributed by atoms with Crippen LogP contribution in [0.1, 0.15) is 115 Å². The number of amides is 4. The number of ether oxygens (including phenoxy) is 3. The van der Waals surface area contributed by atoms with Crippen molar-refractivity contribution in [3.8, 4) is 11.1 Å². The highest BCUT2D eigenvalue weighted by Gasteiger charge is 2.52. The average Bonchev–Trinajstić information content (AvgIpc) is 4.25. The maximum Gasteiger partial charge on any atom is 0.407 e. The maximum absolute atomic E-state index is 14.6. The molecule has 8 atom stereocenters. The number of methoxy groups -OCH3 is 2. The van der Waals surface area contributed by atoms with Crippen LogP contribution in [0, 0.1) is 23.7 Å². The highest BCUT2D eigenvalue weighted by molar-refractivity contribution is 6.07. The third-order valence-electron chi connectivity index (χ3n) is 16.4. The molecule has 5 heterocycles. The molecule has 69 heavy (non-hydrogen) atoms. The molecule has 2 aliphatic carbocycles. The van der Waals surface area contributed by atoms with Gasteiger partial charge in [0.15, 0.2) is 0 Å². The first-order chi connectivity index (χ1) is 33.6. The summed E-state index contributed by atoms with van der Waals surface area (Å²) in [6.07, 6.45) is 10.9. The molecule has 2 unspecified atom stereocenters. The minimum absolute atomic E-state index is 0.0428. The molecule has 4 N–H and O–H groups in total. The topological polar surface area (TPSA) is 184 Å². The van der Waals surface area contributed by atoms with Gasteiger partial charge in [0.2, 0.25) is 11.8 Å². The number of alkyl carbamates (subject to hydrolysis) is 2. The standard InChI is InChI=1S/C54H64N8O7/c1-29(2)44(59-53(65)67-3)52(64)62-37-17-12-36(27-37)48(62)50-56-41-21-16-34-26-32(14-19-39(34)47(41)58-50)31-13-18-38-33(25-31)15-20-40-46(38)57-49(55-40)42-11-8-23-61(42)51(63)45(60-54(66)68-4)35-22-24-69-43(28-35)30-9-6-5-7-10-30/h13-16,18-21,25-26,29-30,35-37,42-45,48H,5-12,17,22-24,27-28H2,1-4H3,(H,55,57)(H,56,58)(H,59,65)(H,60,66)/t35?,36-,37+,42-,43?,44-,45-,48-/m0/s1. The molecular formula is C54H64N8O7. The normalized spacial score (nSPS) is 24.9. The van der Waals surface area contributed by atoms with Gasteiger partial charge in [0.1, 0.15) is 23.7 Å². The van der Waals surface area contributed by atoms with Crippen molar-refractivity contribution in [2.75, 3.05) is 27.4 Å². The molecule has 4 amide bonds. The van der Waals surface area contributed by atoms with E-state index in [0.717, 1.165) is 118 Å². The summed E-state index contributed by atoms with van der Waals surface area (Å²) in [7, 11) is 2.66. The van der Waals surface area contributed by atoms with Crippen molar-refractivity contribution in [2.24, 2.45) is 23.7 Å². The van der Waals surface area contributed by atoms with Gasteiger partial charge < -0.3 is 44.6 Å². The number of hydrogen-bond donors (Lipinski definition) is 4. The summed E-state index contributed by atoms with van der Waals surface area (Å²) in [5, 5.41) is 10.0. The lowest BCUT2D eigenvalue weighted by molar-refractivity contribution is -0.139. The predicted molar refractivity (Wildman–Crippen MR) is 263 cm³/mol. The number of H-pyrrole nitrogens is 2. The van der Waals surface area contributed by atoms with Crippen molar-refractivity contribution in [3.05, 3.63) is 72.3 Å². The van der Waals surface area contributed by atoms with Crippen LogP contribution in [0.25, 0.3) is 54.7 Å². The number of benzene rings is 4. The third kappa shape index (κ3) is 8.33. The molecular weight excluding hydrogens is 873 g/mol. The van der Waals surface area contributed by atoms with E-state index in [1.54, 1.807) is 0 Å². The minimum Gasteiger partial charge on any atom is -0.453 e. The SMILES string of the molecule is COC(=O)N[C@H](C(=O)N1[C@@H]2CC[C@@H](C2)[C@H]1c1nc2ccc3cc(-c4ccc5c(ccc6nc([C@@H]7CCCN7C(=O)[C@@H](NC(=O)OC)C7CCOC(C8CCCCC8)C7)[nH]c65)c4)ccc3c2[nH]1)C(C)C. The van der Waals surface area contributed by atoms with Gasteiger partial charge in [-0.25, -0.2) is 19.6 Å². The van der Waals surface area contributed by atoms with Gasteiger partial charge in [-0.2, -0.15) is 0 Å². The molecule has 2 aromatic heterocycles. The number of rotatable bonds is 10. The van der Waals surface area contributed by atoms with Crippen LogP contribution in [0.15, 0.2) is 60.7 Å². The van der Waals surface area contributed by atoms with E-state index in [-0.39, 0.29) is 47.9 Å². The average molecular weight is 937 g/mol. The van der Waals surface area contributed by atoms with Crippen molar-refractivity contribution < 1.29 is 33.4 Å². The van der Waals surface area contributed by atoms with Crippen molar-refractivity contribution in [3.63, 3.8) is 0 Å². The fourth-order valence-electron chi connectivity index (χ4n) is 12.9. The minimum atomic E-state index is -0.702. The van der Waals surface area contributed by atoms with E-state index in [2.05, 4.69) is 75.2 Å². The van der Waals surface area contributed by atoms with E-state index in [1.165, 1.54) is 33.5 Å². The van der Waals surface area contributed by atoms with Crippen LogP contribution in [-0.4, -0.2) is 105 Å². The van der Waals surface area contributed by atoms with E-state index in [0.29, 0.717) is 31.4 Å². The number of likely N-dealkylation sites (tertiary alicyclic amines) is 2. The molecule has 15 heteroatoms. The molecule has 11 rings (SSSR count). The lowest BCUT2D eigenvalue weighted by Crippen LogP contribution is -2.54. The number of carbonyl (C=O) groups is 4. The van der Waals surface area contributed by atoms with Gasteiger partial charge in [-0.05, 0) is 128 Å². The van der Waals surface area contributed by atoms with Crippen LogP contribution in [0.4, 0.5) is 9.59 Å². The Kier molecular flexibility index (Phi) is 12.2. The second-order valence-corrected chi connectivity index (χ2v) is 20.7. The van der Waals surface area contributed by atoms with Crippen molar-refractivity contribution in [2.45, 2.75) is 127 Å². The Morgan fingerprint density at radius 3 is 2.01 bits per heavy atom. The smallest absolute Gasteiger partial charge is 0.407 e. The van der Waals surface area contributed by atoms with Crippen LogP contribution in [0.5, 0.6) is 0 Å². The van der Waals surface area contributed by atoms with Crippen LogP contribution in [0.3, 0.4) is 0 Å². The second kappa shape index (κ2) is 18.6. The summed E-state index contributed by atoms with van der Waals surface area (Å²) in [6.45, 7) is 5.06. The monoisotopic (exact) mass is 936 g/mol. The molecule has 15 nitrogen and oxygen atoms in total. The lowest BCUT2D eigenvalue weighted by Gasteiger charge is -2.40. The zero-order chi connectivity index (χ0) is 47.5. The van der Waals surface area contributed by atoms with Gasteiger partial charge in [0, 0.05) is 30.0 Å². The summed E-state index contributed by atoms with van der Waals surface area (Å²) >= 11 is 0. The highest BCUT2D eigenvalue weighted by atomic mass is 16.5. The number of imidazole rings is 2. The van der Waals surface area contributed by atoms with E-state index in [4.69, 9.17) is 24.2 Å². The van der Waals surface area contributed by atoms with Crippen molar-refractivity contribution >= 4 is 67.6 Å². The fourth-order valence-corrected chi connectivity index (χ4v) is 12.9. The van der Waals surface area contributed by atoms with Gasteiger partial charge in [0.25, 0.3) is 0 Å². The molecule has 362 valence electrons. The Morgan fingerprint density at radius 1 is 0.696 bits per heavy atom. The number of aromatic amines is 2. The number of aromatic nitrogens is 4. The Balaban J connectivity index is 0.838. The largest absolute Gasteiger partial charge is 0.453 e. The number of fused-ring (bicyclic) bond motifs is 8. The van der Waals surface area contributed by atoms with Gasteiger partial charge in [-0.1, -0.05) is 69.5 Å². The van der Waals surface area contributed by atoms with Gasteiger partial charge in [-0.3, -0.25) is 9.59 Å². The lowest BCUT2D eigenvalue weighted by atomic mass is 9.78. The molecule has 0 radical (unpaired) electrons. The third-order valence-corrected chi connectivity index (χ3v) is 16.4. The number of hydrogen-bond acceptors (Lipinski definition) is 9. The molecule has 2 bridgehead atoms. The molecule has 3 aliphatic heterocycles. The summed E-state index contributed by atoms with van der Waals surface area (Å²) in [4.78, 5) is 75.2. The first kappa shape index (κ1) is 45.2. The molecule has 6 aromatic rings. The zero-order valence-corrected chi connectivity index (χ0v) is 40.1. The number of carbonyl (C=O) groups excluding carboxylic acids is 4. The molecule has 2 saturated carbocycles. The Bertz CT molecular complexity index is 2940. The Morgan fingerprint density at radius 2 is 1.35 bits per heavy atom. The first-order valence-corrected chi connectivity index (χ1v) is 25.3. The quantitative estimate of drug-likeness (QED) is 0.104. The maximum atomic E-state index is 14.6. The van der Waals surface area contributed by atoms with E-state index >= 15 is 0 Å². The summed E-state index contributed by atoms with van der Waals surface area (Å²) < 4.78 is 16.2. The summed E-state index contributed by atoms with van der Waals surface area (Å²) in [5.41, 5.74) is 5.74. The van der Waals surface area contributed by atoms with Crippen LogP contribution in [-0.2, 0) is 23.8 Å². The van der Waals surface area contributed by atoms with Crippen LogP contribution in [0.2, 0.25) is 0 Å². The Labute approximate surface area is 401 Å². The summed E-state index contributed by atoms with van der Waals surface area (Å²) in [6, 6.07) is 19.6. The second-order valence-electron chi connectivity index (χ2n) is 20.7. The van der Waals surface area contributed by atoms with E-state index in [1.807, 2.05) is 29.7 Å². The molecule has 4 aromatic carbocycles. The molecule has 0 spiro atoms. The van der Waals surface area contributed by atoms with Gasteiger partial charge >= 0.3 is 12.2 Å². The first-order valence-electron chi connectivity index (χ1n) is 25.3. The summed E-state index contributed by atoms with van der Waals surface area (Å²) in [5.74, 6) is 2.01. The van der Waals surface area contributed by atoms with Crippen molar-refractivity contribution in [1.82, 2.24) is 40.4 Å². The van der Waals surface area contributed by atoms with Crippen LogP contribution < -0.4 is 10.6 Å². The number of nitrogens with one attached hydrogen (secondary N) is 4. The van der Waals surface area contributed by atoms with Crippen LogP contribution >= 0.6 is 0 Å². The van der Waals surface area contributed by atoms with Crippen molar-refractivity contribution in [1.29, 1.82) is 0 Å².